The first-order chi connectivity index (χ1) is 9.65. The van der Waals surface area contributed by atoms with E-state index in [9.17, 15) is 9.59 Å². The molecule has 104 valence electrons. The van der Waals surface area contributed by atoms with Crippen LogP contribution in [0, 0.1) is 0 Å². The van der Waals surface area contributed by atoms with E-state index in [1.165, 1.54) is 20.3 Å². The minimum Gasteiger partial charge on any atom is -0.469 e. The summed E-state index contributed by atoms with van der Waals surface area (Å²) >= 11 is 0. The van der Waals surface area contributed by atoms with Crippen molar-refractivity contribution in [1.29, 1.82) is 0 Å². The van der Waals surface area contributed by atoms with Gasteiger partial charge in [0.25, 0.3) is 0 Å². The van der Waals surface area contributed by atoms with E-state index in [-0.39, 0.29) is 12.4 Å². The smallest absolute Gasteiger partial charge is 0.330 e. The maximum absolute atomic E-state index is 11.5. The minimum absolute atomic E-state index is 0.140. The number of benzene rings is 1. The fourth-order valence-corrected chi connectivity index (χ4v) is 1.99. The van der Waals surface area contributed by atoms with Gasteiger partial charge in [0.05, 0.1) is 20.6 Å². The van der Waals surface area contributed by atoms with Crippen molar-refractivity contribution in [3.8, 4) is 0 Å². The second-order valence-corrected chi connectivity index (χ2v) is 4.17. The normalized spacial score (nSPS) is 10.9. The Morgan fingerprint density at radius 2 is 1.95 bits per heavy atom. The van der Waals surface area contributed by atoms with Gasteiger partial charge in [0.1, 0.15) is 0 Å². The van der Waals surface area contributed by atoms with Crippen LogP contribution < -0.4 is 0 Å². The summed E-state index contributed by atoms with van der Waals surface area (Å²) in [5.41, 5.74) is 2.39. The summed E-state index contributed by atoms with van der Waals surface area (Å²) in [4.78, 5) is 25.9. The molecule has 1 heterocycles. The Balaban J connectivity index is 2.46. The van der Waals surface area contributed by atoms with Gasteiger partial charge >= 0.3 is 11.9 Å². The van der Waals surface area contributed by atoms with Crippen LogP contribution in [0.2, 0.25) is 0 Å². The van der Waals surface area contributed by atoms with E-state index in [4.69, 9.17) is 4.74 Å². The molecule has 0 atom stereocenters. The van der Waals surface area contributed by atoms with Gasteiger partial charge < -0.3 is 14.5 Å². The molecule has 5 heteroatoms. The highest BCUT2D eigenvalue weighted by Crippen LogP contribution is 2.24. The Bertz CT molecular complexity index is 670. The van der Waals surface area contributed by atoms with Crippen molar-refractivity contribution in [3.05, 3.63) is 41.6 Å². The Morgan fingerprint density at radius 3 is 2.65 bits per heavy atom. The molecule has 2 aromatic rings. The number of aromatic nitrogens is 1. The zero-order valence-corrected chi connectivity index (χ0v) is 11.3. The molecule has 0 saturated heterocycles. The van der Waals surface area contributed by atoms with Crippen molar-refractivity contribution in [2.75, 3.05) is 14.2 Å². The lowest BCUT2D eigenvalue weighted by atomic mass is 10.1. The average molecular weight is 273 g/mol. The van der Waals surface area contributed by atoms with E-state index < -0.39 is 5.97 Å². The van der Waals surface area contributed by atoms with Crippen LogP contribution in [0.15, 0.2) is 30.3 Å². The van der Waals surface area contributed by atoms with E-state index >= 15 is 0 Å². The number of methoxy groups -OCH3 is 2. The van der Waals surface area contributed by atoms with Gasteiger partial charge in [-0.15, -0.1) is 0 Å². The first-order valence-corrected chi connectivity index (χ1v) is 6.08. The van der Waals surface area contributed by atoms with Gasteiger partial charge in [-0.2, -0.15) is 0 Å². The van der Waals surface area contributed by atoms with Crippen LogP contribution in [0.3, 0.4) is 0 Å². The standard InChI is InChI=1S/C15H15NO4/c1-19-14(17)8-7-13-11(9-15(18)20-2)10-5-3-4-6-12(10)16-13/h3-8,16H,9H2,1-2H3/b8-7+. The molecule has 0 amide bonds. The predicted molar refractivity (Wildman–Crippen MR) is 75.1 cm³/mol. The third-order valence-corrected chi connectivity index (χ3v) is 2.98. The number of H-pyrrole nitrogens is 1. The number of ether oxygens (including phenoxy) is 2. The quantitative estimate of drug-likeness (QED) is 0.684. The van der Waals surface area contributed by atoms with Gasteiger partial charge in [0.15, 0.2) is 0 Å². The van der Waals surface area contributed by atoms with Crippen molar-refractivity contribution in [1.82, 2.24) is 4.98 Å². The average Bonchev–Trinajstić information content (AvgIpc) is 2.82. The lowest BCUT2D eigenvalue weighted by molar-refractivity contribution is -0.139. The van der Waals surface area contributed by atoms with E-state index in [1.807, 2.05) is 24.3 Å². The molecule has 0 saturated carbocycles. The highest BCUT2D eigenvalue weighted by atomic mass is 16.5. The number of fused-ring (bicyclic) bond motifs is 1. The highest BCUT2D eigenvalue weighted by molar-refractivity contribution is 5.93. The van der Waals surface area contributed by atoms with Gasteiger partial charge in [0, 0.05) is 22.7 Å². The van der Waals surface area contributed by atoms with Crippen molar-refractivity contribution in [2.24, 2.45) is 0 Å². The van der Waals surface area contributed by atoms with Gasteiger partial charge in [-0.3, -0.25) is 4.79 Å². The molecule has 5 nitrogen and oxygen atoms in total. The van der Waals surface area contributed by atoms with Crippen LogP contribution in [-0.4, -0.2) is 31.1 Å². The molecule has 1 aromatic heterocycles. The van der Waals surface area contributed by atoms with Crippen LogP contribution in [0.4, 0.5) is 0 Å². The summed E-state index contributed by atoms with van der Waals surface area (Å²) in [5.74, 6) is -0.782. The van der Waals surface area contributed by atoms with Crippen LogP contribution >= 0.6 is 0 Å². The summed E-state index contributed by atoms with van der Waals surface area (Å²) in [6.45, 7) is 0. The molecule has 0 spiro atoms. The number of rotatable bonds is 4. The third kappa shape index (κ3) is 2.88. The van der Waals surface area contributed by atoms with E-state index in [0.717, 1.165) is 16.5 Å². The molecule has 1 N–H and O–H groups in total. The molecular weight excluding hydrogens is 258 g/mol. The zero-order chi connectivity index (χ0) is 14.5. The van der Waals surface area contributed by atoms with Crippen LogP contribution in [0.1, 0.15) is 11.3 Å². The lowest BCUT2D eigenvalue weighted by Gasteiger charge is -2.00. The maximum Gasteiger partial charge on any atom is 0.330 e. The van der Waals surface area contributed by atoms with Crippen LogP contribution in [-0.2, 0) is 25.5 Å². The highest BCUT2D eigenvalue weighted by Gasteiger charge is 2.13. The van der Waals surface area contributed by atoms with E-state index in [1.54, 1.807) is 6.08 Å². The van der Waals surface area contributed by atoms with E-state index in [0.29, 0.717) is 5.69 Å². The fraction of sp³-hybridized carbons (Fsp3) is 0.200. The van der Waals surface area contributed by atoms with Crippen molar-refractivity contribution in [3.63, 3.8) is 0 Å². The van der Waals surface area contributed by atoms with E-state index in [2.05, 4.69) is 9.72 Å². The topological polar surface area (TPSA) is 68.4 Å². The van der Waals surface area contributed by atoms with Gasteiger partial charge in [-0.05, 0) is 17.7 Å². The van der Waals surface area contributed by atoms with Crippen molar-refractivity contribution in [2.45, 2.75) is 6.42 Å². The Labute approximate surface area is 116 Å². The number of carbonyl (C=O) groups excluding carboxylic acids is 2. The molecule has 0 aliphatic heterocycles. The molecule has 2 rings (SSSR count). The molecule has 0 aliphatic carbocycles. The van der Waals surface area contributed by atoms with Gasteiger partial charge in [-0.1, -0.05) is 18.2 Å². The minimum atomic E-state index is -0.451. The molecule has 0 radical (unpaired) electrons. The number of hydrogen-bond donors (Lipinski definition) is 1. The van der Waals surface area contributed by atoms with Crippen LogP contribution in [0.5, 0.6) is 0 Å². The number of carbonyl (C=O) groups is 2. The molecule has 0 aliphatic rings. The van der Waals surface area contributed by atoms with Gasteiger partial charge in [0.2, 0.25) is 0 Å². The monoisotopic (exact) mass is 273 g/mol. The maximum atomic E-state index is 11.5. The van der Waals surface area contributed by atoms with Gasteiger partial charge in [-0.25, -0.2) is 4.79 Å². The second-order valence-electron chi connectivity index (χ2n) is 4.17. The van der Waals surface area contributed by atoms with Crippen molar-refractivity contribution >= 4 is 28.9 Å². The first kappa shape index (κ1) is 13.9. The summed E-state index contributed by atoms with van der Waals surface area (Å²) in [5, 5.41) is 0.933. The molecule has 0 fully saturated rings. The zero-order valence-electron chi connectivity index (χ0n) is 11.3. The second kappa shape index (κ2) is 6.06. The Kier molecular flexibility index (Phi) is 4.20. The number of aromatic amines is 1. The molecule has 0 bridgehead atoms. The number of para-hydroxylation sites is 1. The fourth-order valence-electron chi connectivity index (χ4n) is 1.99. The number of nitrogens with one attached hydrogen (secondary N) is 1. The third-order valence-electron chi connectivity index (χ3n) is 2.98. The SMILES string of the molecule is COC(=O)/C=C/c1[nH]c2ccccc2c1CC(=O)OC. The Morgan fingerprint density at radius 1 is 1.20 bits per heavy atom. The predicted octanol–water partition coefficient (Wildman–Crippen LogP) is 2.07. The molecule has 20 heavy (non-hydrogen) atoms. The van der Waals surface area contributed by atoms with Crippen LogP contribution in [0.25, 0.3) is 17.0 Å². The van der Waals surface area contributed by atoms with Crippen molar-refractivity contribution < 1.29 is 19.1 Å². The number of hydrogen-bond acceptors (Lipinski definition) is 4. The summed E-state index contributed by atoms with van der Waals surface area (Å²) < 4.78 is 9.26. The summed E-state index contributed by atoms with van der Waals surface area (Å²) in [6.07, 6.45) is 3.05. The molecule has 0 unspecified atom stereocenters. The summed E-state index contributed by atoms with van der Waals surface area (Å²) in [7, 11) is 2.66. The lowest BCUT2D eigenvalue weighted by Crippen LogP contribution is -2.05. The first-order valence-electron chi connectivity index (χ1n) is 6.08. The molecule has 1 aromatic carbocycles. The Hall–Kier alpha value is -2.56. The largest absolute Gasteiger partial charge is 0.469 e. The number of esters is 2. The summed E-state index contributed by atoms with van der Waals surface area (Å²) in [6, 6.07) is 7.62. The molecular formula is C15H15NO4.